The topological polar surface area (TPSA) is 69.6 Å². The lowest BCUT2D eigenvalue weighted by atomic mass is 9.87. The SMILES string of the molecule is CC(C)CC(CNC(=O)N(C)C1CCC(C)CC1)C(=O)O. The molecule has 1 fully saturated rings. The second-order valence-electron chi connectivity index (χ2n) is 6.88. The second kappa shape index (κ2) is 8.25. The van der Waals surface area contributed by atoms with Crippen LogP contribution in [-0.4, -0.2) is 41.6 Å². The number of hydrogen-bond acceptors (Lipinski definition) is 2. The highest BCUT2D eigenvalue weighted by Crippen LogP contribution is 2.26. The van der Waals surface area contributed by atoms with Crippen molar-refractivity contribution in [1.82, 2.24) is 10.2 Å². The van der Waals surface area contributed by atoms with Crippen LogP contribution in [-0.2, 0) is 4.79 Å². The molecule has 0 spiro atoms. The van der Waals surface area contributed by atoms with Gasteiger partial charge in [0.2, 0.25) is 0 Å². The molecule has 0 aromatic carbocycles. The van der Waals surface area contributed by atoms with Crippen LogP contribution >= 0.6 is 0 Å². The normalized spacial score (nSPS) is 23.7. The standard InChI is InChI=1S/C16H30N2O3/c1-11(2)9-13(15(19)20)10-17-16(21)18(4)14-7-5-12(3)6-8-14/h11-14H,5-10H2,1-4H3,(H,17,21)(H,19,20). The van der Waals surface area contributed by atoms with E-state index >= 15 is 0 Å². The molecule has 122 valence electrons. The van der Waals surface area contributed by atoms with Gasteiger partial charge in [0.1, 0.15) is 0 Å². The van der Waals surface area contributed by atoms with Crippen molar-refractivity contribution in [3.05, 3.63) is 0 Å². The van der Waals surface area contributed by atoms with Crippen molar-refractivity contribution in [3.8, 4) is 0 Å². The van der Waals surface area contributed by atoms with Crippen molar-refractivity contribution < 1.29 is 14.7 Å². The summed E-state index contributed by atoms with van der Waals surface area (Å²) in [7, 11) is 1.81. The summed E-state index contributed by atoms with van der Waals surface area (Å²) in [6.07, 6.45) is 4.99. The van der Waals surface area contributed by atoms with Crippen molar-refractivity contribution in [2.45, 2.75) is 58.9 Å². The minimum Gasteiger partial charge on any atom is -0.481 e. The maximum atomic E-state index is 12.2. The van der Waals surface area contributed by atoms with Crippen LogP contribution in [0.1, 0.15) is 52.9 Å². The van der Waals surface area contributed by atoms with Crippen molar-refractivity contribution in [2.24, 2.45) is 17.8 Å². The predicted octanol–water partition coefficient (Wildman–Crippen LogP) is 2.95. The average molecular weight is 298 g/mol. The van der Waals surface area contributed by atoms with E-state index in [0.717, 1.165) is 31.6 Å². The van der Waals surface area contributed by atoms with Crippen LogP contribution in [0, 0.1) is 17.8 Å². The smallest absolute Gasteiger partial charge is 0.317 e. The molecule has 1 rings (SSSR count). The average Bonchev–Trinajstić information content (AvgIpc) is 2.42. The van der Waals surface area contributed by atoms with Crippen LogP contribution < -0.4 is 5.32 Å². The van der Waals surface area contributed by atoms with E-state index in [-0.39, 0.29) is 18.6 Å². The first kappa shape index (κ1) is 17.8. The lowest BCUT2D eigenvalue weighted by Crippen LogP contribution is -2.46. The monoisotopic (exact) mass is 298 g/mol. The van der Waals surface area contributed by atoms with Crippen molar-refractivity contribution in [2.75, 3.05) is 13.6 Å². The summed E-state index contributed by atoms with van der Waals surface area (Å²) in [5.74, 6) is -0.285. The molecule has 0 radical (unpaired) electrons. The van der Waals surface area contributed by atoms with Crippen LogP contribution in [0.15, 0.2) is 0 Å². The van der Waals surface area contributed by atoms with E-state index < -0.39 is 11.9 Å². The first-order valence-corrected chi connectivity index (χ1v) is 8.04. The van der Waals surface area contributed by atoms with Crippen LogP contribution in [0.5, 0.6) is 0 Å². The van der Waals surface area contributed by atoms with Gasteiger partial charge < -0.3 is 15.3 Å². The van der Waals surface area contributed by atoms with Gasteiger partial charge in [0.05, 0.1) is 5.92 Å². The number of amides is 2. The summed E-state index contributed by atoms with van der Waals surface area (Å²) in [4.78, 5) is 25.1. The van der Waals surface area contributed by atoms with E-state index in [1.807, 2.05) is 20.9 Å². The number of urea groups is 1. The highest BCUT2D eigenvalue weighted by molar-refractivity contribution is 5.76. The first-order chi connectivity index (χ1) is 9.81. The Labute approximate surface area is 128 Å². The number of carbonyl (C=O) groups is 2. The lowest BCUT2D eigenvalue weighted by Gasteiger charge is -2.33. The highest BCUT2D eigenvalue weighted by Gasteiger charge is 2.26. The number of aliphatic carboxylic acids is 1. The Morgan fingerprint density at radius 2 is 1.81 bits per heavy atom. The minimum atomic E-state index is -0.835. The van der Waals surface area contributed by atoms with Gasteiger partial charge in [-0.05, 0) is 43.9 Å². The fourth-order valence-electron chi connectivity index (χ4n) is 2.97. The first-order valence-electron chi connectivity index (χ1n) is 8.04. The molecular weight excluding hydrogens is 268 g/mol. The third-order valence-electron chi connectivity index (χ3n) is 4.46. The van der Waals surface area contributed by atoms with Gasteiger partial charge in [0, 0.05) is 19.6 Å². The van der Waals surface area contributed by atoms with Crippen molar-refractivity contribution in [3.63, 3.8) is 0 Å². The van der Waals surface area contributed by atoms with E-state index in [0.29, 0.717) is 12.3 Å². The fourth-order valence-corrected chi connectivity index (χ4v) is 2.97. The Hall–Kier alpha value is -1.26. The van der Waals surface area contributed by atoms with Gasteiger partial charge in [-0.1, -0.05) is 20.8 Å². The molecule has 0 heterocycles. The molecule has 2 N–H and O–H groups in total. The summed E-state index contributed by atoms with van der Waals surface area (Å²) in [5.41, 5.74) is 0. The van der Waals surface area contributed by atoms with Crippen molar-refractivity contribution >= 4 is 12.0 Å². The third-order valence-corrected chi connectivity index (χ3v) is 4.46. The summed E-state index contributed by atoms with van der Waals surface area (Å²) >= 11 is 0. The van der Waals surface area contributed by atoms with Gasteiger partial charge in [-0.2, -0.15) is 0 Å². The summed E-state index contributed by atoms with van der Waals surface area (Å²) < 4.78 is 0. The molecule has 0 aliphatic heterocycles. The van der Waals surface area contributed by atoms with Gasteiger partial charge in [-0.25, -0.2) is 4.79 Å². The summed E-state index contributed by atoms with van der Waals surface area (Å²) in [6.45, 7) is 6.44. The van der Waals surface area contributed by atoms with Gasteiger partial charge in [-0.3, -0.25) is 4.79 Å². The van der Waals surface area contributed by atoms with E-state index in [9.17, 15) is 14.7 Å². The minimum absolute atomic E-state index is 0.149. The summed E-state index contributed by atoms with van der Waals surface area (Å²) in [5, 5.41) is 12.0. The zero-order chi connectivity index (χ0) is 16.0. The van der Waals surface area contributed by atoms with Gasteiger partial charge in [-0.15, -0.1) is 0 Å². The molecule has 1 atom stereocenters. The Morgan fingerprint density at radius 3 is 2.29 bits per heavy atom. The number of hydrogen-bond donors (Lipinski definition) is 2. The van der Waals surface area contributed by atoms with E-state index in [2.05, 4.69) is 12.2 Å². The van der Waals surface area contributed by atoms with E-state index in [1.165, 1.54) is 0 Å². The number of carbonyl (C=O) groups excluding carboxylic acids is 1. The van der Waals surface area contributed by atoms with Gasteiger partial charge >= 0.3 is 12.0 Å². The Balaban J connectivity index is 2.42. The predicted molar refractivity (Wildman–Crippen MR) is 83.2 cm³/mol. The molecule has 1 aliphatic rings. The molecule has 0 aromatic heterocycles. The Kier molecular flexibility index (Phi) is 6.99. The van der Waals surface area contributed by atoms with Crippen LogP contribution in [0.2, 0.25) is 0 Å². The van der Waals surface area contributed by atoms with Crippen LogP contribution in [0.4, 0.5) is 4.79 Å². The fraction of sp³-hybridized carbons (Fsp3) is 0.875. The summed E-state index contributed by atoms with van der Waals surface area (Å²) in [6, 6.07) is 0.138. The third kappa shape index (κ3) is 5.94. The number of rotatable bonds is 6. The maximum absolute atomic E-state index is 12.2. The Morgan fingerprint density at radius 1 is 1.24 bits per heavy atom. The van der Waals surface area contributed by atoms with Crippen LogP contribution in [0.25, 0.3) is 0 Å². The zero-order valence-electron chi connectivity index (χ0n) is 13.8. The number of carboxylic acid groups (broad SMARTS) is 1. The quantitative estimate of drug-likeness (QED) is 0.792. The molecule has 0 saturated heterocycles. The van der Waals surface area contributed by atoms with Crippen molar-refractivity contribution in [1.29, 1.82) is 0 Å². The van der Waals surface area contributed by atoms with Crippen LogP contribution in [0.3, 0.4) is 0 Å². The Bertz CT molecular complexity index is 349. The van der Waals surface area contributed by atoms with E-state index in [4.69, 9.17) is 0 Å². The van der Waals surface area contributed by atoms with Gasteiger partial charge in [0.25, 0.3) is 0 Å². The van der Waals surface area contributed by atoms with E-state index in [1.54, 1.807) is 4.90 Å². The molecule has 1 unspecified atom stereocenters. The molecule has 0 bridgehead atoms. The molecule has 21 heavy (non-hydrogen) atoms. The lowest BCUT2D eigenvalue weighted by molar-refractivity contribution is -0.142. The highest BCUT2D eigenvalue weighted by atomic mass is 16.4. The molecule has 5 nitrogen and oxygen atoms in total. The second-order valence-corrected chi connectivity index (χ2v) is 6.88. The molecule has 2 amide bonds. The zero-order valence-corrected chi connectivity index (χ0v) is 13.8. The molecular formula is C16H30N2O3. The molecule has 5 heteroatoms. The van der Waals surface area contributed by atoms with Gasteiger partial charge in [0.15, 0.2) is 0 Å². The molecule has 0 aromatic rings. The molecule has 1 aliphatic carbocycles. The number of carboxylic acids is 1. The maximum Gasteiger partial charge on any atom is 0.317 e. The molecule has 1 saturated carbocycles. The number of nitrogens with zero attached hydrogens (tertiary/aromatic N) is 1. The number of nitrogens with one attached hydrogen (secondary N) is 1. The largest absolute Gasteiger partial charge is 0.481 e.